The third-order valence-corrected chi connectivity index (χ3v) is 7.42. The second kappa shape index (κ2) is 11.5. The highest BCUT2D eigenvalue weighted by Gasteiger charge is 2.21. The Morgan fingerprint density at radius 1 is 1.11 bits per heavy atom. The predicted molar refractivity (Wildman–Crippen MR) is 138 cm³/mol. The van der Waals surface area contributed by atoms with Gasteiger partial charge in [0, 0.05) is 25.9 Å². The van der Waals surface area contributed by atoms with Crippen molar-refractivity contribution in [2.24, 2.45) is 0 Å². The highest BCUT2D eigenvalue weighted by atomic mass is 32.2. The maximum Gasteiger partial charge on any atom is 0.279 e. The second-order valence-electron chi connectivity index (χ2n) is 9.12. The van der Waals surface area contributed by atoms with Crippen molar-refractivity contribution in [1.29, 1.82) is 0 Å². The van der Waals surface area contributed by atoms with Crippen LogP contribution in [-0.2, 0) is 27.5 Å². The number of morpholine rings is 1. The van der Waals surface area contributed by atoms with Crippen LogP contribution in [0.4, 0.5) is 0 Å². The van der Waals surface area contributed by atoms with E-state index in [0.717, 1.165) is 70.5 Å². The van der Waals surface area contributed by atoms with Crippen LogP contribution in [0.1, 0.15) is 38.8 Å². The number of nitrogens with one attached hydrogen (secondary N) is 1. The number of benzene rings is 1. The molecule has 0 radical (unpaired) electrons. The average molecular weight is 518 g/mol. The number of aromatic nitrogens is 4. The molecule has 3 heterocycles. The molecule has 1 saturated heterocycles. The van der Waals surface area contributed by atoms with Crippen LogP contribution in [0, 0.1) is 0 Å². The summed E-state index contributed by atoms with van der Waals surface area (Å²) in [6, 6.07) is 4.66. The molecule has 1 N–H and O–H groups in total. The molecule has 0 amide bonds. The molecule has 196 valence electrons. The number of aryl methyl sites for hydroxylation is 1. The first-order valence-corrected chi connectivity index (χ1v) is 14.5. The fourth-order valence-electron chi connectivity index (χ4n) is 4.30. The zero-order valence-corrected chi connectivity index (χ0v) is 22.1. The van der Waals surface area contributed by atoms with Gasteiger partial charge in [0.2, 0.25) is 0 Å². The summed E-state index contributed by atoms with van der Waals surface area (Å²) >= 11 is 0. The molecular weight excluding hydrogens is 482 g/mol. The summed E-state index contributed by atoms with van der Waals surface area (Å²) in [7, 11) is -3.46. The monoisotopic (exact) mass is 517 g/mol. The molecule has 1 aliphatic rings. The van der Waals surface area contributed by atoms with Gasteiger partial charge in [0.25, 0.3) is 5.56 Å². The van der Waals surface area contributed by atoms with Gasteiger partial charge in [-0.2, -0.15) is 5.10 Å². The Hall–Kier alpha value is -2.76. The fraction of sp³-hybridized carbons (Fsp3) is 0.560. The Bertz CT molecular complexity index is 1360. The molecule has 1 aromatic carbocycles. The molecule has 2 aromatic heterocycles. The van der Waals surface area contributed by atoms with Crippen molar-refractivity contribution in [3.63, 3.8) is 0 Å². The van der Waals surface area contributed by atoms with Gasteiger partial charge < -0.3 is 14.5 Å². The summed E-state index contributed by atoms with van der Waals surface area (Å²) in [4.78, 5) is 23.2. The summed E-state index contributed by atoms with van der Waals surface area (Å²) in [5.41, 5.74) is 1.82. The largest absolute Gasteiger partial charge is 0.493 e. The molecule has 0 atom stereocenters. The van der Waals surface area contributed by atoms with Crippen molar-refractivity contribution in [2.45, 2.75) is 51.0 Å². The van der Waals surface area contributed by atoms with Gasteiger partial charge in [0.15, 0.2) is 15.4 Å². The van der Waals surface area contributed by atoms with Crippen LogP contribution < -0.4 is 10.3 Å². The van der Waals surface area contributed by atoms with Gasteiger partial charge in [-0.3, -0.25) is 14.4 Å². The van der Waals surface area contributed by atoms with Gasteiger partial charge in [-0.05, 0) is 31.0 Å². The minimum Gasteiger partial charge on any atom is -0.493 e. The zero-order valence-electron chi connectivity index (χ0n) is 21.2. The Labute approximate surface area is 211 Å². The predicted octanol–water partition coefficient (Wildman–Crippen LogP) is 2.65. The summed E-state index contributed by atoms with van der Waals surface area (Å²) in [6.45, 7) is 9.29. The SMILES string of the molecule is CCCCOc1ccc(S(C)(=O)=O)cc1-c1nc2c(CCC)n(CCN3CCOCC3)nc2c(=O)[nH]1. The summed E-state index contributed by atoms with van der Waals surface area (Å²) in [6.07, 6.45) is 4.56. The van der Waals surface area contributed by atoms with E-state index in [1.54, 1.807) is 6.07 Å². The summed E-state index contributed by atoms with van der Waals surface area (Å²) < 4.78 is 37.8. The summed E-state index contributed by atoms with van der Waals surface area (Å²) in [5, 5.41) is 4.62. The van der Waals surface area contributed by atoms with E-state index in [2.05, 4.69) is 28.8 Å². The van der Waals surface area contributed by atoms with Gasteiger partial charge in [0.1, 0.15) is 17.1 Å². The maximum absolute atomic E-state index is 13.1. The van der Waals surface area contributed by atoms with Crippen LogP contribution in [0.25, 0.3) is 22.4 Å². The number of sulfone groups is 1. The molecule has 0 spiro atoms. The molecule has 11 heteroatoms. The molecule has 1 aliphatic heterocycles. The number of hydrogen-bond donors (Lipinski definition) is 1. The number of rotatable bonds is 11. The minimum atomic E-state index is -3.46. The van der Waals surface area contributed by atoms with Crippen molar-refractivity contribution in [2.75, 3.05) is 45.7 Å². The third-order valence-electron chi connectivity index (χ3n) is 6.31. The van der Waals surface area contributed by atoms with Crippen LogP contribution in [0.3, 0.4) is 0 Å². The molecular formula is C25H35N5O5S. The Morgan fingerprint density at radius 3 is 2.58 bits per heavy atom. The van der Waals surface area contributed by atoms with Crippen LogP contribution in [0.2, 0.25) is 0 Å². The van der Waals surface area contributed by atoms with Crippen molar-refractivity contribution in [1.82, 2.24) is 24.6 Å². The van der Waals surface area contributed by atoms with Crippen LogP contribution in [-0.4, -0.2) is 78.8 Å². The standard InChI is InChI=1S/C25H35N5O5S/c1-4-6-14-35-21-9-8-18(36(3,32)33)17-19(21)24-26-22-20(7-5-2)30(28-23(22)25(31)27-24)11-10-29-12-15-34-16-13-29/h8-9,17H,4-7,10-16H2,1-3H3,(H,26,27,31). The Morgan fingerprint density at radius 2 is 1.89 bits per heavy atom. The molecule has 0 unspecified atom stereocenters. The number of ether oxygens (including phenoxy) is 2. The van der Waals surface area contributed by atoms with Gasteiger partial charge in [-0.25, -0.2) is 13.4 Å². The number of H-pyrrole nitrogens is 1. The van der Waals surface area contributed by atoms with Crippen molar-refractivity contribution in [3.8, 4) is 17.1 Å². The molecule has 0 aliphatic carbocycles. The van der Waals surface area contributed by atoms with Crippen LogP contribution in [0.15, 0.2) is 27.9 Å². The van der Waals surface area contributed by atoms with Gasteiger partial charge in [-0.1, -0.05) is 26.7 Å². The molecule has 1 fully saturated rings. The highest BCUT2D eigenvalue weighted by molar-refractivity contribution is 7.90. The topological polar surface area (TPSA) is 119 Å². The molecule has 10 nitrogen and oxygen atoms in total. The number of aromatic amines is 1. The van der Waals surface area contributed by atoms with Crippen LogP contribution >= 0.6 is 0 Å². The lowest BCUT2D eigenvalue weighted by atomic mass is 10.1. The second-order valence-corrected chi connectivity index (χ2v) is 11.1. The van der Waals surface area contributed by atoms with E-state index in [4.69, 9.17) is 14.5 Å². The smallest absolute Gasteiger partial charge is 0.279 e. The summed E-state index contributed by atoms with van der Waals surface area (Å²) in [5.74, 6) is 0.754. The van der Waals surface area contributed by atoms with E-state index < -0.39 is 9.84 Å². The fourth-order valence-corrected chi connectivity index (χ4v) is 4.95. The Kier molecular flexibility index (Phi) is 8.43. The molecule has 4 rings (SSSR count). The van der Waals surface area contributed by atoms with Crippen molar-refractivity contribution >= 4 is 20.9 Å². The van der Waals surface area contributed by atoms with Crippen molar-refractivity contribution < 1.29 is 17.9 Å². The van der Waals surface area contributed by atoms with E-state index in [-0.39, 0.29) is 21.8 Å². The lowest BCUT2D eigenvalue weighted by Gasteiger charge is -2.26. The number of hydrogen-bond acceptors (Lipinski definition) is 8. The molecule has 0 bridgehead atoms. The van der Waals surface area contributed by atoms with Gasteiger partial charge >= 0.3 is 0 Å². The molecule has 0 saturated carbocycles. The first-order valence-electron chi connectivity index (χ1n) is 12.6. The van der Waals surface area contributed by atoms with Crippen LogP contribution in [0.5, 0.6) is 5.75 Å². The molecule has 3 aromatic rings. The number of fused-ring (bicyclic) bond motifs is 1. The quantitative estimate of drug-likeness (QED) is 0.386. The first-order chi connectivity index (χ1) is 17.3. The lowest BCUT2D eigenvalue weighted by Crippen LogP contribution is -2.38. The zero-order chi connectivity index (χ0) is 25.7. The first kappa shape index (κ1) is 26.3. The lowest BCUT2D eigenvalue weighted by molar-refractivity contribution is 0.0359. The van der Waals surface area contributed by atoms with E-state index >= 15 is 0 Å². The van der Waals surface area contributed by atoms with E-state index in [9.17, 15) is 13.2 Å². The third kappa shape index (κ3) is 5.96. The van der Waals surface area contributed by atoms with E-state index in [1.165, 1.54) is 12.1 Å². The maximum atomic E-state index is 13.1. The minimum absolute atomic E-state index is 0.137. The van der Waals surface area contributed by atoms with E-state index in [0.29, 0.717) is 30.0 Å². The normalized spacial score (nSPS) is 15.0. The number of unbranched alkanes of at least 4 members (excludes halogenated alkanes) is 1. The number of nitrogens with zero attached hydrogens (tertiary/aromatic N) is 4. The van der Waals surface area contributed by atoms with Crippen molar-refractivity contribution in [3.05, 3.63) is 34.2 Å². The highest BCUT2D eigenvalue weighted by Crippen LogP contribution is 2.31. The van der Waals surface area contributed by atoms with E-state index in [1.807, 2.05) is 4.68 Å². The average Bonchev–Trinajstić information content (AvgIpc) is 3.21. The Balaban J connectivity index is 1.77. The molecule has 36 heavy (non-hydrogen) atoms. The van der Waals surface area contributed by atoms with Gasteiger partial charge in [0.05, 0.1) is 42.5 Å². The van der Waals surface area contributed by atoms with Gasteiger partial charge in [-0.15, -0.1) is 0 Å².